The molecule has 4 heteroatoms. The monoisotopic (exact) mass is 259 g/mol. The van der Waals surface area contributed by atoms with Crippen LogP contribution in [0, 0.1) is 0 Å². The normalized spacial score (nSPS) is 12.1. The molecule has 0 unspecified atom stereocenters. The Bertz CT molecular complexity index is 494. The van der Waals surface area contributed by atoms with E-state index in [0.29, 0.717) is 13.1 Å². The van der Waals surface area contributed by atoms with Crippen molar-refractivity contribution in [3.05, 3.63) is 60.1 Å². The molecule has 0 radical (unpaired) electrons. The maximum atomic E-state index is 11.7. The third-order valence-electron chi connectivity index (χ3n) is 2.98. The van der Waals surface area contributed by atoms with Crippen molar-refractivity contribution in [3.63, 3.8) is 0 Å². The zero-order chi connectivity index (χ0) is 13.5. The van der Waals surface area contributed by atoms with Gasteiger partial charge in [-0.2, -0.15) is 0 Å². The number of benzene rings is 1. The van der Waals surface area contributed by atoms with Crippen molar-refractivity contribution in [2.75, 3.05) is 6.54 Å². The summed E-state index contributed by atoms with van der Waals surface area (Å²) in [5, 5.41) is 4.86. The molecule has 1 aromatic heterocycles. The van der Waals surface area contributed by atoms with Gasteiger partial charge in [-0.15, -0.1) is 0 Å². The van der Waals surface area contributed by atoms with Gasteiger partial charge in [0.2, 0.25) is 0 Å². The molecule has 100 valence electrons. The highest BCUT2D eigenvalue weighted by Gasteiger charge is 2.13. The van der Waals surface area contributed by atoms with Crippen LogP contribution in [-0.2, 0) is 11.3 Å². The fourth-order valence-electron chi connectivity index (χ4n) is 1.82. The van der Waals surface area contributed by atoms with Crippen LogP contribution >= 0.6 is 0 Å². The van der Waals surface area contributed by atoms with E-state index in [-0.39, 0.29) is 11.9 Å². The first-order chi connectivity index (χ1) is 9.25. The number of hydrogen-bond acceptors (Lipinski definition) is 2. The summed E-state index contributed by atoms with van der Waals surface area (Å²) >= 11 is 0. The molecule has 0 spiro atoms. The number of nitrogens with one attached hydrogen (secondary N) is 1. The molecular weight excluding hydrogens is 240 g/mol. The summed E-state index contributed by atoms with van der Waals surface area (Å²) in [6.07, 6.45) is 1.65. The number of amides is 1. The number of carbonyl (C=O) groups is 1. The maximum absolute atomic E-state index is 11.7. The zero-order valence-corrected chi connectivity index (χ0v) is 11.0. The smallest absolute Gasteiger partial charge is 0.275 e. The quantitative estimate of drug-likeness (QED) is 0.819. The molecule has 1 heterocycles. The van der Waals surface area contributed by atoms with Gasteiger partial charge in [0, 0.05) is 6.54 Å². The minimum Gasteiger partial charge on any atom is -0.463 e. The second kappa shape index (κ2) is 6.75. The van der Waals surface area contributed by atoms with Crippen molar-refractivity contribution in [2.45, 2.75) is 19.5 Å². The molecule has 3 N–H and O–H groups in total. The average Bonchev–Trinajstić information content (AvgIpc) is 2.98. The van der Waals surface area contributed by atoms with Crippen LogP contribution in [0.5, 0.6) is 0 Å². The average molecular weight is 259 g/mol. The Morgan fingerprint density at radius 2 is 2.05 bits per heavy atom. The highest BCUT2D eigenvalue weighted by atomic mass is 16.3. The molecule has 0 saturated heterocycles. The van der Waals surface area contributed by atoms with Crippen molar-refractivity contribution in [1.82, 2.24) is 5.32 Å². The van der Waals surface area contributed by atoms with E-state index in [1.165, 1.54) is 0 Å². The van der Waals surface area contributed by atoms with Crippen LogP contribution in [0.2, 0.25) is 0 Å². The Morgan fingerprint density at radius 1 is 1.26 bits per heavy atom. The van der Waals surface area contributed by atoms with E-state index in [1.807, 2.05) is 54.7 Å². The molecule has 1 amide bonds. The van der Waals surface area contributed by atoms with Crippen LogP contribution in [0.15, 0.2) is 53.1 Å². The van der Waals surface area contributed by atoms with Crippen LogP contribution < -0.4 is 10.6 Å². The SMILES string of the molecule is C[C@H]([NH2+]CC(=O)NCc1ccccc1)c1ccco1. The molecule has 0 aliphatic carbocycles. The third-order valence-corrected chi connectivity index (χ3v) is 2.98. The Hall–Kier alpha value is -2.07. The first-order valence-electron chi connectivity index (χ1n) is 6.43. The topological polar surface area (TPSA) is 58.9 Å². The minimum atomic E-state index is 0.0299. The fourth-order valence-corrected chi connectivity index (χ4v) is 1.82. The summed E-state index contributed by atoms with van der Waals surface area (Å²) in [4.78, 5) is 11.7. The minimum absolute atomic E-state index is 0.0299. The van der Waals surface area contributed by atoms with Gasteiger partial charge in [0.1, 0.15) is 6.04 Å². The highest BCUT2D eigenvalue weighted by molar-refractivity contribution is 5.76. The van der Waals surface area contributed by atoms with Gasteiger partial charge >= 0.3 is 0 Å². The second-order valence-corrected chi connectivity index (χ2v) is 4.51. The molecular formula is C15H19N2O2+. The van der Waals surface area contributed by atoms with Crippen LogP contribution in [0.4, 0.5) is 0 Å². The predicted octanol–water partition coefficient (Wildman–Crippen LogP) is 1.22. The van der Waals surface area contributed by atoms with Gasteiger partial charge in [0.05, 0.1) is 6.26 Å². The Labute approximate surface area is 112 Å². The molecule has 1 atom stereocenters. The first kappa shape index (κ1) is 13.4. The zero-order valence-electron chi connectivity index (χ0n) is 11.0. The van der Waals surface area contributed by atoms with Crippen molar-refractivity contribution in [2.24, 2.45) is 0 Å². The van der Waals surface area contributed by atoms with Crippen molar-refractivity contribution < 1.29 is 14.5 Å². The highest BCUT2D eigenvalue weighted by Crippen LogP contribution is 2.07. The summed E-state index contributed by atoms with van der Waals surface area (Å²) < 4.78 is 5.29. The lowest BCUT2D eigenvalue weighted by Gasteiger charge is -2.08. The summed E-state index contributed by atoms with van der Waals surface area (Å²) in [6, 6.07) is 13.8. The van der Waals surface area contributed by atoms with Gasteiger partial charge < -0.3 is 15.1 Å². The van der Waals surface area contributed by atoms with Crippen LogP contribution in [-0.4, -0.2) is 12.5 Å². The second-order valence-electron chi connectivity index (χ2n) is 4.51. The molecule has 0 saturated carbocycles. The number of rotatable bonds is 6. The van der Waals surface area contributed by atoms with Gasteiger partial charge in [0.15, 0.2) is 12.3 Å². The molecule has 0 aliphatic rings. The Morgan fingerprint density at radius 3 is 2.74 bits per heavy atom. The van der Waals surface area contributed by atoms with Crippen molar-refractivity contribution >= 4 is 5.91 Å². The van der Waals surface area contributed by atoms with Crippen LogP contribution in [0.25, 0.3) is 0 Å². The number of furan rings is 1. The largest absolute Gasteiger partial charge is 0.463 e. The lowest BCUT2D eigenvalue weighted by Crippen LogP contribution is -2.86. The number of nitrogens with two attached hydrogens (primary N) is 1. The van der Waals surface area contributed by atoms with E-state index in [4.69, 9.17) is 4.42 Å². The molecule has 1 aromatic carbocycles. The van der Waals surface area contributed by atoms with Crippen molar-refractivity contribution in [3.8, 4) is 0 Å². The summed E-state index contributed by atoms with van der Waals surface area (Å²) in [5.41, 5.74) is 1.11. The number of hydrogen-bond donors (Lipinski definition) is 2. The molecule has 0 fully saturated rings. The molecule has 2 aromatic rings. The fraction of sp³-hybridized carbons (Fsp3) is 0.267. The summed E-state index contributed by atoms with van der Waals surface area (Å²) in [6.45, 7) is 2.99. The van der Waals surface area contributed by atoms with Crippen molar-refractivity contribution in [1.29, 1.82) is 0 Å². The molecule has 4 nitrogen and oxygen atoms in total. The molecule has 0 aliphatic heterocycles. The molecule has 0 bridgehead atoms. The van der Waals surface area contributed by atoms with E-state index in [0.717, 1.165) is 11.3 Å². The number of carbonyl (C=O) groups excluding carboxylic acids is 1. The van der Waals surface area contributed by atoms with Crippen LogP contribution in [0.3, 0.4) is 0 Å². The Balaban J connectivity index is 1.70. The maximum Gasteiger partial charge on any atom is 0.275 e. The van der Waals surface area contributed by atoms with Gasteiger partial charge in [-0.25, -0.2) is 0 Å². The van der Waals surface area contributed by atoms with E-state index < -0.39 is 0 Å². The predicted molar refractivity (Wildman–Crippen MR) is 72.2 cm³/mol. The first-order valence-corrected chi connectivity index (χ1v) is 6.43. The third kappa shape index (κ3) is 4.26. The van der Waals surface area contributed by atoms with Gasteiger partial charge in [-0.05, 0) is 24.6 Å². The van der Waals surface area contributed by atoms with E-state index in [9.17, 15) is 4.79 Å². The molecule has 19 heavy (non-hydrogen) atoms. The lowest BCUT2D eigenvalue weighted by molar-refractivity contribution is -0.684. The van der Waals surface area contributed by atoms with Gasteiger partial charge in [0.25, 0.3) is 5.91 Å². The molecule has 2 rings (SSSR count). The van der Waals surface area contributed by atoms with E-state index in [1.54, 1.807) is 6.26 Å². The summed E-state index contributed by atoms with van der Waals surface area (Å²) in [7, 11) is 0. The number of quaternary nitrogens is 1. The standard InChI is InChI=1S/C15H18N2O2/c1-12(14-8-5-9-19-14)16-11-15(18)17-10-13-6-3-2-4-7-13/h2-9,12,16H,10-11H2,1H3,(H,17,18)/p+1/t12-/m0/s1. The van der Waals surface area contributed by atoms with E-state index >= 15 is 0 Å². The summed E-state index contributed by atoms with van der Waals surface area (Å²) in [5.74, 6) is 0.915. The van der Waals surface area contributed by atoms with Crippen LogP contribution in [0.1, 0.15) is 24.3 Å². The van der Waals surface area contributed by atoms with Gasteiger partial charge in [-0.1, -0.05) is 30.3 Å². The lowest BCUT2D eigenvalue weighted by atomic mass is 10.2. The Kier molecular flexibility index (Phi) is 4.75. The van der Waals surface area contributed by atoms with E-state index in [2.05, 4.69) is 5.32 Å². The van der Waals surface area contributed by atoms with Gasteiger partial charge in [-0.3, -0.25) is 4.79 Å².